The smallest absolute Gasteiger partial charge is 0.336 e. The first-order valence-corrected chi connectivity index (χ1v) is 6.76. The average Bonchev–Trinajstić information content (AvgIpc) is 2.48. The van der Waals surface area contributed by atoms with Crippen LogP contribution in [0.25, 0.3) is 6.08 Å². The topological polar surface area (TPSA) is 101 Å². The predicted molar refractivity (Wildman–Crippen MR) is 83.4 cm³/mol. The van der Waals surface area contributed by atoms with Gasteiger partial charge in [0.05, 0.1) is 5.56 Å². The van der Waals surface area contributed by atoms with Crippen molar-refractivity contribution in [2.45, 2.75) is 18.9 Å². The fourth-order valence-corrected chi connectivity index (χ4v) is 2.19. The lowest BCUT2D eigenvalue weighted by Gasteiger charge is -2.23. The summed E-state index contributed by atoms with van der Waals surface area (Å²) in [6.45, 7) is 1.44. The number of aliphatic carboxylic acids is 1. The molecule has 5 heteroatoms. The number of nitrogens with two attached hydrogens (primary N) is 1. The highest BCUT2D eigenvalue weighted by Gasteiger charge is 2.31. The molecule has 0 saturated carbocycles. The highest BCUT2D eigenvalue weighted by atomic mass is 16.4. The molecule has 1 aromatic carbocycles. The zero-order valence-electron chi connectivity index (χ0n) is 12.1. The van der Waals surface area contributed by atoms with Crippen LogP contribution in [-0.2, 0) is 4.79 Å². The lowest BCUT2D eigenvalue weighted by Crippen LogP contribution is -2.46. The molecule has 5 nitrogen and oxygen atoms in total. The van der Waals surface area contributed by atoms with Crippen LogP contribution in [0.1, 0.15) is 29.3 Å². The zero-order chi connectivity index (χ0) is 16.3. The number of hydrogen-bond acceptors (Lipinski definition) is 3. The van der Waals surface area contributed by atoms with Crippen LogP contribution >= 0.6 is 0 Å². The van der Waals surface area contributed by atoms with E-state index in [-0.39, 0.29) is 5.56 Å². The maximum Gasteiger partial charge on any atom is 0.336 e. The molecular formula is C17H17NO4. The third-order valence-corrected chi connectivity index (χ3v) is 3.61. The first-order valence-electron chi connectivity index (χ1n) is 6.76. The number of carbonyl (C=O) groups is 2. The van der Waals surface area contributed by atoms with E-state index in [2.05, 4.69) is 0 Å². The van der Waals surface area contributed by atoms with E-state index in [0.29, 0.717) is 17.6 Å². The molecule has 0 bridgehead atoms. The Bertz CT molecular complexity index is 711. The summed E-state index contributed by atoms with van der Waals surface area (Å²) in [6, 6.07) is 6.72. The molecule has 0 fully saturated rings. The number of hydrogen-bond donors (Lipinski definition) is 3. The Balaban J connectivity index is 2.26. The Kier molecular flexibility index (Phi) is 4.28. The molecule has 1 aromatic rings. The van der Waals surface area contributed by atoms with Crippen LogP contribution in [0.4, 0.5) is 0 Å². The first-order chi connectivity index (χ1) is 10.3. The largest absolute Gasteiger partial charge is 0.480 e. The van der Waals surface area contributed by atoms with Crippen LogP contribution in [0.15, 0.2) is 53.6 Å². The van der Waals surface area contributed by atoms with Crippen molar-refractivity contribution in [3.63, 3.8) is 0 Å². The third kappa shape index (κ3) is 3.15. The lowest BCUT2D eigenvalue weighted by molar-refractivity contribution is -0.141. The van der Waals surface area contributed by atoms with E-state index in [1.54, 1.807) is 48.6 Å². The van der Waals surface area contributed by atoms with E-state index >= 15 is 0 Å². The van der Waals surface area contributed by atoms with Gasteiger partial charge in [-0.25, -0.2) is 9.59 Å². The van der Waals surface area contributed by atoms with E-state index in [4.69, 9.17) is 15.9 Å². The molecule has 0 spiro atoms. The van der Waals surface area contributed by atoms with Crippen LogP contribution in [0.3, 0.4) is 0 Å². The molecular weight excluding hydrogens is 282 g/mol. The Labute approximate surface area is 128 Å². The van der Waals surface area contributed by atoms with Gasteiger partial charge in [-0.3, -0.25) is 0 Å². The van der Waals surface area contributed by atoms with Gasteiger partial charge >= 0.3 is 11.9 Å². The number of carboxylic acid groups (broad SMARTS) is 2. The molecule has 1 unspecified atom stereocenters. The summed E-state index contributed by atoms with van der Waals surface area (Å²) < 4.78 is 0. The molecule has 0 aliphatic heterocycles. The van der Waals surface area contributed by atoms with Crippen LogP contribution < -0.4 is 5.73 Å². The van der Waals surface area contributed by atoms with Gasteiger partial charge in [0.15, 0.2) is 0 Å². The van der Waals surface area contributed by atoms with E-state index < -0.39 is 17.5 Å². The second-order valence-electron chi connectivity index (χ2n) is 5.32. The van der Waals surface area contributed by atoms with Gasteiger partial charge in [0.25, 0.3) is 0 Å². The van der Waals surface area contributed by atoms with Gasteiger partial charge in [-0.15, -0.1) is 0 Å². The van der Waals surface area contributed by atoms with Gasteiger partial charge in [-0.05, 0) is 36.1 Å². The fraction of sp³-hybridized carbons (Fsp3) is 0.176. The molecule has 0 saturated heterocycles. The van der Waals surface area contributed by atoms with Gasteiger partial charge in [-0.2, -0.15) is 0 Å². The highest BCUT2D eigenvalue weighted by Crippen LogP contribution is 2.25. The summed E-state index contributed by atoms with van der Waals surface area (Å²) in [5.41, 5.74) is 6.61. The number of rotatable bonds is 4. The van der Waals surface area contributed by atoms with Crippen molar-refractivity contribution in [1.82, 2.24) is 0 Å². The zero-order valence-corrected chi connectivity index (χ0v) is 12.1. The minimum absolute atomic E-state index is 0.229. The fourth-order valence-electron chi connectivity index (χ4n) is 2.19. The van der Waals surface area contributed by atoms with Gasteiger partial charge in [0.1, 0.15) is 5.54 Å². The molecule has 0 aromatic heterocycles. The van der Waals surface area contributed by atoms with E-state index in [1.807, 2.05) is 0 Å². The number of carboxylic acids is 2. The minimum Gasteiger partial charge on any atom is -0.480 e. The molecule has 0 radical (unpaired) electrons. The molecule has 2 rings (SSSR count). The van der Waals surface area contributed by atoms with Crippen molar-refractivity contribution < 1.29 is 19.8 Å². The molecule has 1 aliphatic carbocycles. The van der Waals surface area contributed by atoms with Crippen molar-refractivity contribution in [3.05, 3.63) is 64.8 Å². The summed E-state index contributed by atoms with van der Waals surface area (Å²) in [4.78, 5) is 22.3. The van der Waals surface area contributed by atoms with E-state index in [9.17, 15) is 9.59 Å². The Morgan fingerprint density at radius 3 is 2.45 bits per heavy atom. The van der Waals surface area contributed by atoms with Gasteiger partial charge in [-0.1, -0.05) is 42.5 Å². The minimum atomic E-state index is -1.43. The van der Waals surface area contributed by atoms with E-state index in [1.165, 1.54) is 6.92 Å². The molecule has 0 amide bonds. The standard InChI is InChI=1S/C17H17NO4/c1-17(18,16(21)22)13-8-6-11(7-9-13)10-12-4-2-3-5-14(12)15(19)20/h2-6,8-10H,7,18H2,1H3,(H,19,20)(H,21,22). The summed E-state index contributed by atoms with van der Waals surface area (Å²) in [6.07, 6.45) is 7.46. The number of aromatic carboxylic acids is 1. The van der Waals surface area contributed by atoms with Crippen LogP contribution in [-0.4, -0.2) is 27.7 Å². The van der Waals surface area contributed by atoms with Gasteiger partial charge in [0.2, 0.25) is 0 Å². The summed E-state index contributed by atoms with van der Waals surface area (Å²) in [5, 5.41) is 18.3. The quantitative estimate of drug-likeness (QED) is 0.793. The molecule has 114 valence electrons. The second kappa shape index (κ2) is 5.99. The maximum atomic E-state index is 11.2. The molecule has 0 heterocycles. The van der Waals surface area contributed by atoms with Gasteiger partial charge < -0.3 is 15.9 Å². The number of benzene rings is 1. The Morgan fingerprint density at radius 1 is 1.23 bits per heavy atom. The van der Waals surface area contributed by atoms with Crippen molar-refractivity contribution in [3.8, 4) is 0 Å². The first kappa shape index (κ1) is 15.7. The normalized spacial score (nSPS) is 18.6. The second-order valence-corrected chi connectivity index (χ2v) is 5.32. The van der Waals surface area contributed by atoms with Crippen molar-refractivity contribution >= 4 is 18.0 Å². The number of allylic oxidation sites excluding steroid dienone is 3. The maximum absolute atomic E-state index is 11.2. The van der Waals surface area contributed by atoms with Crippen molar-refractivity contribution in [1.29, 1.82) is 0 Å². The van der Waals surface area contributed by atoms with Crippen LogP contribution in [0.2, 0.25) is 0 Å². The Hall–Kier alpha value is -2.66. The van der Waals surface area contributed by atoms with Crippen LogP contribution in [0, 0.1) is 0 Å². The predicted octanol–water partition coefficient (Wildman–Crippen LogP) is 2.46. The molecule has 1 atom stereocenters. The monoisotopic (exact) mass is 299 g/mol. The van der Waals surface area contributed by atoms with Crippen molar-refractivity contribution in [2.24, 2.45) is 5.73 Å². The summed E-state index contributed by atoms with van der Waals surface area (Å²) >= 11 is 0. The molecule has 22 heavy (non-hydrogen) atoms. The molecule has 1 aliphatic rings. The van der Waals surface area contributed by atoms with E-state index in [0.717, 1.165) is 5.57 Å². The third-order valence-electron chi connectivity index (χ3n) is 3.61. The Morgan fingerprint density at radius 2 is 1.91 bits per heavy atom. The summed E-state index contributed by atoms with van der Waals surface area (Å²) in [5.74, 6) is -2.07. The van der Waals surface area contributed by atoms with Crippen molar-refractivity contribution in [2.75, 3.05) is 0 Å². The highest BCUT2D eigenvalue weighted by molar-refractivity contribution is 5.92. The van der Waals surface area contributed by atoms with Gasteiger partial charge in [0, 0.05) is 0 Å². The lowest BCUT2D eigenvalue weighted by atomic mass is 9.87. The SMILES string of the molecule is CC(N)(C(=O)O)C1=CCC(=Cc2ccccc2C(=O)O)C=C1. The van der Waals surface area contributed by atoms with Crippen LogP contribution in [0.5, 0.6) is 0 Å². The summed E-state index contributed by atoms with van der Waals surface area (Å²) in [7, 11) is 0. The molecule has 4 N–H and O–H groups in total. The average molecular weight is 299 g/mol.